The van der Waals surface area contributed by atoms with Crippen LogP contribution in [0.3, 0.4) is 0 Å². The maximum Gasteiger partial charge on any atom is 0.305 e. The van der Waals surface area contributed by atoms with E-state index in [4.69, 9.17) is 24.4 Å². The number of rotatable bonds is 9. The summed E-state index contributed by atoms with van der Waals surface area (Å²) >= 11 is 0. The third-order valence-electron chi connectivity index (χ3n) is 1.95. The summed E-state index contributed by atoms with van der Waals surface area (Å²) in [4.78, 5) is 0. The van der Waals surface area contributed by atoms with Crippen molar-refractivity contribution in [1.82, 2.24) is 0 Å². The number of methoxy groups -OCH3 is 3. The maximum absolute atomic E-state index is 5.48. The van der Waals surface area contributed by atoms with Gasteiger partial charge >= 0.3 is 5.97 Å². The molecule has 6 heteroatoms. The SMILES string of the molecule is COC(CO[SiH2]CCCN)(OC)OC. The molecule has 0 bridgehead atoms. The Hall–Kier alpha value is 0.0169. The van der Waals surface area contributed by atoms with Gasteiger partial charge in [-0.2, -0.15) is 0 Å². The van der Waals surface area contributed by atoms with Gasteiger partial charge in [0.15, 0.2) is 9.76 Å². The summed E-state index contributed by atoms with van der Waals surface area (Å²) in [6, 6.07) is 1.07. The van der Waals surface area contributed by atoms with Gasteiger partial charge in [0.05, 0.1) is 0 Å². The van der Waals surface area contributed by atoms with Gasteiger partial charge in [-0.15, -0.1) is 0 Å². The average Bonchev–Trinajstić information content (AvgIpc) is 2.24. The van der Waals surface area contributed by atoms with Crippen LogP contribution in [-0.4, -0.2) is 50.2 Å². The van der Waals surface area contributed by atoms with Crippen molar-refractivity contribution in [2.75, 3.05) is 34.5 Å². The molecule has 0 rings (SSSR count). The molecular weight excluding hydrogens is 202 g/mol. The zero-order chi connectivity index (χ0) is 10.9. The molecule has 0 aliphatic heterocycles. The van der Waals surface area contributed by atoms with E-state index in [1.165, 1.54) is 21.3 Å². The van der Waals surface area contributed by atoms with Crippen LogP contribution >= 0.6 is 0 Å². The first-order valence-corrected chi connectivity index (χ1v) is 6.25. The second kappa shape index (κ2) is 8.34. The summed E-state index contributed by atoms with van der Waals surface area (Å²) in [6.45, 7) is 1.04. The summed E-state index contributed by atoms with van der Waals surface area (Å²) in [6.07, 6.45) is 1.02. The minimum Gasteiger partial charge on any atom is -0.416 e. The molecule has 0 aromatic rings. The summed E-state index contributed by atoms with van der Waals surface area (Å²) in [5, 5.41) is 0. The Morgan fingerprint density at radius 1 is 1.14 bits per heavy atom. The smallest absolute Gasteiger partial charge is 0.305 e. The summed E-state index contributed by atoms with van der Waals surface area (Å²) < 4.78 is 20.7. The molecule has 0 saturated heterocycles. The first kappa shape index (κ1) is 14.0. The highest BCUT2D eigenvalue weighted by atomic mass is 28.2. The van der Waals surface area contributed by atoms with Crippen molar-refractivity contribution < 1.29 is 18.6 Å². The first-order valence-electron chi connectivity index (χ1n) is 4.68. The molecule has 0 aromatic carbocycles. The van der Waals surface area contributed by atoms with Crippen LogP contribution in [0.5, 0.6) is 0 Å². The summed E-state index contributed by atoms with van der Waals surface area (Å²) in [5.41, 5.74) is 5.37. The fourth-order valence-electron chi connectivity index (χ4n) is 0.972. The van der Waals surface area contributed by atoms with Gasteiger partial charge in [0.25, 0.3) is 0 Å². The van der Waals surface area contributed by atoms with Gasteiger partial charge in [-0.05, 0) is 19.0 Å². The van der Waals surface area contributed by atoms with Crippen LogP contribution in [0, 0.1) is 0 Å². The van der Waals surface area contributed by atoms with Crippen molar-refractivity contribution in [3.8, 4) is 0 Å². The highest BCUT2D eigenvalue weighted by molar-refractivity contribution is 6.26. The molecular formula is C8H21NO4Si. The molecule has 2 N–H and O–H groups in total. The standard InChI is InChI=1S/C8H21NO4Si/c1-10-8(11-2,12-3)7-13-14-6-4-5-9/h4-7,9,14H2,1-3H3. The molecule has 5 nitrogen and oxygen atoms in total. The fourth-order valence-corrected chi connectivity index (χ4v) is 2.06. The Balaban J connectivity index is 3.61. The van der Waals surface area contributed by atoms with Crippen LogP contribution in [0.2, 0.25) is 6.04 Å². The molecule has 0 heterocycles. The number of nitrogens with two attached hydrogens (primary N) is 1. The van der Waals surface area contributed by atoms with E-state index in [1.54, 1.807) is 0 Å². The predicted molar refractivity (Wildman–Crippen MR) is 56.7 cm³/mol. The molecule has 0 aliphatic rings. The average molecular weight is 223 g/mol. The Labute approximate surface area is 87.8 Å². The van der Waals surface area contributed by atoms with Gasteiger partial charge in [-0.1, -0.05) is 0 Å². The van der Waals surface area contributed by atoms with E-state index >= 15 is 0 Å². The molecule has 14 heavy (non-hydrogen) atoms. The monoisotopic (exact) mass is 223 g/mol. The predicted octanol–water partition coefficient (Wildman–Crippen LogP) is -0.553. The van der Waals surface area contributed by atoms with Crippen LogP contribution in [-0.2, 0) is 18.6 Å². The van der Waals surface area contributed by atoms with Gasteiger partial charge in [0.1, 0.15) is 6.61 Å². The van der Waals surface area contributed by atoms with E-state index in [-0.39, 0.29) is 0 Å². The van der Waals surface area contributed by atoms with Crippen LogP contribution in [0.4, 0.5) is 0 Å². The maximum atomic E-state index is 5.48. The normalized spacial score (nSPS) is 12.9. The van der Waals surface area contributed by atoms with Crippen molar-refractivity contribution in [2.45, 2.75) is 18.4 Å². The van der Waals surface area contributed by atoms with Gasteiger partial charge in [-0.25, -0.2) is 0 Å². The van der Waals surface area contributed by atoms with Crippen LogP contribution in [0.15, 0.2) is 0 Å². The number of ether oxygens (including phenoxy) is 3. The zero-order valence-corrected chi connectivity index (χ0v) is 10.7. The van der Waals surface area contributed by atoms with Crippen molar-refractivity contribution >= 4 is 9.76 Å². The van der Waals surface area contributed by atoms with Crippen molar-refractivity contribution in [2.24, 2.45) is 5.73 Å². The van der Waals surface area contributed by atoms with E-state index < -0.39 is 15.7 Å². The van der Waals surface area contributed by atoms with Gasteiger partial charge < -0.3 is 24.4 Å². The molecule has 0 radical (unpaired) electrons. The highest BCUT2D eigenvalue weighted by Gasteiger charge is 2.29. The van der Waals surface area contributed by atoms with Gasteiger partial charge in [0, 0.05) is 21.3 Å². The van der Waals surface area contributed by atoms with E-state index in [0.29, 0.717) is 6.61 Å². The lowest BCUT2D eigenvalue weighted by atomic mass is 10.5. The van der Waals surface area contributed by atoms with Crippen LogP contribution in [0.1, 0.15) is 6.42 Å². The van der Waals surface area contributed by atoms with Crippen molar-refractivity contribution in [1.29, 1.82) is 0 Å². The largest absolute Gasteiger partial charge is 0.416 e. The molecule has 0 amide bonds. The van der Waals surface area contributed by atoms with E-state index in [9.17, 15) is 0 Å². The quantitative estimate of drug-likeness (QED) is 0.323. The Bertz CT molecular complexity index is 124. The van der Waals surface area contributed by atoms with Gasteiger partial charge in [-0.3, -0.25) is 0 Å². The molecule has 0 aliphatic carbocycles. The van der Waals surface area contributed by atoms with Crippen LogP contribution < -0.4 is 5.73 Å². The lowest BCUT2D eigenvalue weighted by molar-refractivity contribution is -0.361. The molecule has 0 saturated carbocycles. The van der Waals surface area contributed by atoms with E-state index in [0.717, 1.165) is 19.0 Å². The fraction of sp³-hybridized carbons (Fsp3) is 1.00. The lowest BCUT2D eigenvalue weighted by Crippen LogP contribution is -2.41. The van der Waals surface area contributed by atoms with E-state index in [2.05, 4.69) is 0 Å². The highest BCUT2D eigenvalue weighted by Crippen LogP contribution is 2.12. The Morgan fingerprint density at radius 2 is 1.71 bits per heavy atom. The van der Waals surface area contributed by atoms with Crippen molar-refractivity contribution in [3.63, 3.8) is 0 Å². The Kier molecular flexibility index (Phi) is 8.35. The lowest BCUT2D eigenvalue weighted by Gasteiger charge is -2.28. The molecule has 0 atom stereocenters. The summed E-state index contributed by atoms with van der Waals surface area (Å²) in [7, 11) is 4.05. The molecule has 0 spiro atoms. The molecule has 86 valence electrons. The molecule has 0 aromatic heterocycles. The third kappa shape index (κ3) is 5.04. The minimum atomic E-state index is -1.05. The minimum absolute atomic E-state index is 0.313. The number of hydrogen-bond acceptors (Lipinski definition) is 5. The van der Waals surface area contributed by atoms with Crippen LogP contribution in [0.25, 0.3) is 0 Å². The molecule has 0 fully saturated rings. The Morgan fingerprint density at radius 3 is 2.14 bits per heavy atom. The second-order valence-electron chi connectivity index (χ2n) is 2.84. The first-order chi connectivity index (χ1) is 6.74. The topological polar surface area (TPSA) is 62.9 Å². The summed E-state index contributed by atoms with van der Waals surface area (Å²) in [5.74, 6) is -1.05. The van der Waals surface area contributed by atoms with E-state index in [1.807, 2.05) is 0 Å². The van der Waals surface area contributed by atoms with Gasteiger partial charge in [0.2, 0.25) is 0 Å². The number of hydrogen-bond donors (Lipinski definition) is 1. The molecule has 0 unspecified atom stereocenters. The third-order valence-corrected chi connectivity index (χ3v) is 3.24. The van der Waals surface area contributed by atoms with Crippen molar-refractivity contribution in [3.05, 3.63) is 0 Å². The second-order valence-corrected chi connectivity index (χ2v) is 4.37. The zero-order valence-electron chi connectivity index (χ0n) is 9.25.